The molecule has 0 aromatic heterocycles. The Balaban J connectivity index is 2.64. The molecule has 0 amide bonds. The predicted octanol–water partition coefficient (Wildman–Crippen LogP) is 3.09. The number of hydrogen-bond acceptors (Lipinski definition) is 4. The molecule has 2 unspecified atom stereocenters. The van der Waals surface area contributed by atoms with E-state index in [0.717, 1.165) is 5.56 Å². The largest absolute Gasteiger partial charge is 0.467 e. The van der Waals surface area contributed by atoms with Crippen LogP contribution in [0, 0.1) is 0 Å². The van der Waals surface area contributed by atoms with Gasteiger partial charge in [-0.3, -0.25) is 0 Å². The number of rotatable bonds is 6. The fourth-order valence-corrected chi connectivity index (χ4v) is 2.69. The van der Waals surface area contributed by atoms with Crippen LogP contribution in [-0.4, -0.2) is 27.3 Å². The lowest BCUT2D eigenvalue weighted by molar-refractivity contribution is -0.188. The van der Waals surface area contributed by atoms with Gasteiger partial charge >= 0.3 is 5.97 Å². The van der Waals surface area contributed by atoms with E-state index in [1.807, 2.05) is 60.7 Å². The van der Waals surface area contributed by atoms with Crippen molar-refractivity contribution in [3.8, 4) is 0 Å². The van der Waals surface area contributed by atoms with E-state index in [9.17, 15) is 4.79 Å². The quantitative estimate of drug-likeness (QED) is 0.769. The zero-order valence-corrected chi connectivity index (χ0v) is 13.0. The van der Waals surface area contributed by atoms with Crippen molar-refractivity contribution in [1.82, 2.24) is 0 Å². The molecule has 2 atom stereocenters. The molecule has 2 aromatic carbocycles. The molecule has 0 saturated heterocycles. The van der Waals surface area contributed by atoms with E-state index in [1.165, 1.54) is 14.2 Å². The van der Waals surface area contributed by atoms with E-state index in [2.05, 4.69) is 0 Å². The second kappa shape index (κ2) is 7.20. The molecular formula is C18H20O4. The van der Waals surface area contributed by atoms with Gasteiger partial charge < -0.3 is 14.2 Å². The van der Waals surface area contributed by atoms with Crippen LogP contribution in [0.2, 0.25) is 0 Å². The Hall–Kier alpha value is -2.17. The van der Waals surface area contributed by atoms with Crippen molar-refractivity contribution >= 4 is 5.97 Å². The molecule has 0 bridgehead atoms. The molecule has 0 aliphatic rings. The average molecular weight is 300 g/mol. The zero-order valence-electron chi connectivity index (χ0n) is 13.0. The maximum absolute atomic E-state index is 12.6. The molecule has 2 aromatic rings. The fourth-order valence-electron chi connectivity index (χ4n) is 2.69. The Bertz CT molecular complexity index is 597. The standard InChI is InChI=1S/C18H20O4/c1-20-16(14-10-6-4-7-11-14)18(22-3,17(19)21-2)15-12-8-5-9-13-15/h4-13,16H,1-3H3. The van der Waals surface area contributed by atoms with Gasteiger partial charge in [0, 0.05) is 14.2 Å². The first-order valence-corrected chi connectivity index (χ1v) is 6.97. The first-order chi connectivity index (χ1) is 10.7. The van der Waals surface area contributed by atoms with E-state index in [-0.39, 0.29) is 0 Å². The first-order valence-electron chi connectivity index (χ1n) is 6.97. The van der Waals surface area contributed by atoms with E-state index >= 15 is 0 Å². The summed E-state index contributed by atoms with van der Waals surface area (Å²) in [5.74, 6) is -0.503. The number of methoxy groups -OCH3 is 3. The normalized spacial score (nSPS) is 14.9. The summed E-state index contributed by atoms with van der Waals surface area (Å²) in [6.07, 6.45) is -0.631. The van der Waals surface area contributed by atoms with Crippen molar-refractivity contribution in [2.24, 2.45) is 0 Å². The molecule has 4 nitrogen and oxygen atoms in total. The van der Waals surface area contributed by atoms with Gasteiger partial charge in [-0.05, 0) is 11.1 Å². The Kier molecular flexibility index (Phi) is 5.31. The third-order valence-electron chi connectivity index (χ3n) is 3.72. The molecule has 0 fully saturated rings. The summed E-state index contributed by atoms with van der Waals surface area (Å²) in [4.78, 5) is 12.6. The molecule has 0 N–H and O–H groups in total. The number of ether oxygens (including phenoxy) is 3. The van der Waals surface area contributed by atoms with Crippen molar-refractivity contribution in [3.05, 3.63) is 71.8 Å². The topological polar surface area (TPSA) is 44.8 Å². The summed E-state index contributed by atoms with van der Waals surface area (Å²) in [6.45, 7) is 0. The van der Waals surface area contributed by atoms with Crippen LogP contribution >= 0.6 is 0 Å². The molecule has 0 heterocycles. The van der Waals surface area contributed by atoms with Crippen LogP contribution in [0.4, 0.5) is 0 Å². The summed E-state index contributed by atoms with van der Waals surface area (Å²) in [5.41, 5.74) is 0.146. The predicted molar refractivity (Wildman–Crippen MR) is 83.3 cm³/mol. The van der Waals surface area contributed by atoms with Gasteiger partial charge in [-0.15, -0.1) is 0 Å². The van der Waals surface area contributed by atoms with Crippen molar-refractivity contribution in [3.63, 3.8) is 0 Å². The van der Waals surface area contributed by atoms with Crippen LogP contribution in [0.5, 0.6) is 0 Å². The molecule has 0 saturated carbocycles. The number of esters is 1. The molecule has 4 heteroatoms. The number of carbonyl (C=O) groups excluding carboxylic acids is 1. The van der Waals surface area contributed by atoms with Crippen molar-refractivity contribution < 1.29 is 19.0 Å². The van der Waals surface area contributed by atoms with Gasteiger partial charge in [-0.2, -0.15) is 0 Å². The van der Waals surface area contributed by atoms with Crippen LogP contribution in [0.1, 0.15) is 17.2 Å². The van der Waals surface area contributed by atoms with Gasteiger partial charge in [0.1, 0.15) is 6.10 Å². The van der Waals surface area contributed by atoms with Gasteiger partial charge in [-0.25, -0.2) is 4.79 Å². The van der Waals surface area contributed by atoms with Crippen LogP contribution in [-0.2, 0) is 24.6 Å². The van der Waals surface area contributed by atoms with Crippen LogP contribution in [0.3, 0.4) is 0 Å². The van der Waals surface area contributed by atoms with Crippen molar-refractivity contribution in [1.29, 1.82) is 0 Å². The summed E-state index contributed by atoms with van der Waals surface area (Å²) in [5, 5.41) is 0. The van der Waals surface area contributed by atoms with Crippen LogP contribution in [0.25, 0.3) is 0 Å². The van der Waals surface area contributed by atoms with Crippen molar-refractivity contribution in [2.75, 3.05) is 21.3 Å². The van der Waals surface area contributed by atoms with E-state index in [4.69, 9.17) is 14.2 Å². The highest BCUT2D eigenvalue weighted by Gasteiger charge is 2.50. The molecule has 2 rings (SSSR count). The molecule has 0 spiro atoms. The minimum Gasteiger partial charge on any atom is -0.467 e. The maximum atomic E-state index is 12.6. The number of benzene rings is 2. The SMILES string of the molecule is COC(=O)C(OC)(c1ccccc1)C(OC)c1ccccc1. The third-order valence-corrected chi connectivity index (χ3v) is 3.72. The third kappa shape index (κ3) is 2.75. The lowest BCUT2D eigenvalue weighted by Crippen LogP contribution is -2.45. The molecule has 0 radical (unpaired) electrons. The monoisotopic (exact) mass is 300 g/mol. The molecule has 0 aliphatic heterocycles. The van der Waals surface area contributed by atoms with Gasteiger partial charge in [-0.1, -0.05) is 60.7 Å². The fraction of sp³-hybridized carbons (Fsp3) is 0.278. The highest BCUT2D eigenvalue weighted by Crippen LogP contribution is 2.41. The summed E-state index contributed by atoms with van der Waals surface area (Å²) in [6, 6.07) is 18.7. The number of hydrogen-bond donors (Lipinski definition) is 0. The van der Waals surface area contributed by atoms with Gasteiger partial charge in [0.05, 0.1) is 7.11 Å². The zero-order chi connectivity index (χ0) is 16.0. The van der Waals surface area contributed by atoms with E-state index in [1.54, 1.807) is 7.11 Å². The molecule has 116 valence electrons. The van der Waals surface area contributed by atoms with E-state index in [0.29, 0.717) is 5.56 Å². The Morgan fingerprint density at radius 3 is 1.91 bits per heavy atom. The van der Waals surface area contributed by atoms with Gasteiger partial charge in [0.25, 0.3) is 0 Å². The summed E-state index contributed by atoms with van der Waals surface area (Å²) < 4.78 is 16.4. The molecule has 0 aliphatic carbocycles. The number of carbonyl (C=O) groups is 1. The minimum atomic E-state index is -1.37. The highest BCUT2D eigenvalue weighted by molar-refractivity contribution is 5.82. The minimum absolute atomic E-state index is 0.503. The Morgan fingerprint density at radius 1 is 0.909 bits per heavy atom. The Labute approximate surface area is 130 Å². The highest BCUT2D eigenvalue weighted by atomic mass is 16.6. The second-order valence-electron chi connectivity index (χ2n) is 4.82. The van der Waals surface area contributed by atoms with Crippen LogP contribution < -0.4 is 0 Å². The first kappa shape index (κ1) is 16.2. The maximum Gasteiger partial charge on any atom is 0.346 e. The second-order valence-corrected chi connectivity index (χ2v) is 4.82. The van der Waals surface area contributed by atoms with Crippen LogP contribution in [0.15, 0.2) is 60.7 Å². The van der Waals surface area contributed by atoms with Gasteiger partial charge in [0.15, 0.2) is 0 Å². The van der Waals surface area contributed by atoms with E-state index < -0.39 is 17.7 Å². The summed E-state index contributed by atoms with van der Waals surface area (Å²) >= 11 is 0. The average Bonchev–Trinajstić information content (AvgIpc) is 2.60. The van der Waals surface area contributed by atoms with Gasteiger partial charge in [0.2, 0.25) is 5.60 Å². The Morgan fingerprint density at radius 2 is 1.45 bits per heavy atom. The molecule has 22 heavy (non-hydrogen) atoms. The van der Waals surface area contributed by atoms with Crippen molar-refractivity contribution in [2.45, 2.75) is 11.7 Å². The smallest absolute Gasteiger partial charge is 0.346 e. The molecular weight excluding hydrogens is 280 g/mol. The lowest BCUT2D eigenvalue weighted by atomic mass is 9.84. The summed E-state index contributed by atoms with van der Waals surface area (Å²) in [7, 11) is 4.38. The lowest BCUT2D eigenvalue weighted by Gasteiger charge is -2.36.